The molecule has 0 aromatic carbocycles. The highest BCUT2D eigenvalue weighted by atomic mass is 16.6. The Hall–Kier alpha value is -1.85. The van der Waals surface area contributed by atoms with Crippen molar-refractivity contribution < 1.29 is 28.6 Å². The summed E-state index contributed by atoms with van der Waals surface area (Å²) in [6.07, 6.45) is 56.7. The maximum Gasteiger partial charge on any atom is 0.306 e. The van der Waals surface area contributed by atoms with Crippen molar-refractivity contribution in [2.75, 3.05) is 13.2 Å². The number of hydrogen-bond donors (Lipinski definition) is 0. The number of carbonyl (C=O) groups is 3. The zero-order valence-corrected chi connectivity index (χ0v) is 41.2. The maximum atomic E-state index is 12.7. The lowest BCUT2D eigenvalue weighted by Gasteiger charge is -2.18. The van der Waals surface area contributed by atoms with Gasteiger partial charge in [-0.3, -0.25) is 14.4 Å². The van der Waals surface area contributed by atoms with Gasteiger partial charge in [0, 0.05) is 19.3 Å². The van der Waals surface area contributed by atoms with E-state index in [1.165, 1.54) is 205 Å². The lowest BCUT2D eigenvalue weighted by Crippen LogP contribution is -2.30. The van der Waals surface area contributed by atoms with Gasteiger partial charge in [-0.25, -0.2) is 0 Å². The first-order valence-corrected chi connectivity index (χ1v) is 27.2. The molecule has 1 atom stereocenters. The van der Waals surface area contributed by atoms with Crippen LogP contribution in [0, 0.1) is 0 Å². The fraction of sp³-hybridized carbons (Fsp3) is 0.909. The topological polar surface area (TPSA) is 78.9 Å². The first kappa shape index (κ1) is 59.1. The molecule has 6 heteroatoms. The van der Waals surface area contributed by atoms with Gasteiger partial charge in [-0.15, -0.1) is 0 Å². The Morgan fingerprint density at radius 1 is 0.311 bits per heavy atom. The van der Waals surface area contributed by atoms with Crippen LogP contribution in [0.5, 0.6) is 0 Å². The summed E-state index contributed by atoms with van der Waals surface area (Å²) in [5, 5.41) is 0. The Morgan fingerprint density at radius 3 is 0.820 bits per heavy atom. The normalized spacial score (nSPS) is 12.0. The summed E-state index contributed by atoms with van der Waals surface area (Å²) in [6.45, 7) is 6.61. The first-order chi connectivity index (χ1) is 30.0. The lowest BCUT2D eigenvalue weighted by atomic mass is 10.0. The molecule has 0 saturated heterocycles. The average molecular weight is 861 g/mol. The van der Waals surface area contributed by atoms with Crippen LogP contribution < -0.4 is 0 Å². The minimum atomic E-state index is -0.760. The molecule has 0 amide bonds. The molecule has 0 aliphatic rings. The highest BCUT2D eigenvalue weighted by molar-refractivity contribution is 5.71. The van der Waals surface area contributed by atoms with Crippen LogP contribution in [0.4, 0.5) is 0 Å². The van der Waals surface area contributed by atoms with Crippen LogP contribution in [-0.2, 0) is 28.6 Å². The summed E-state index contributed by atoms with van der Waals surface area (Å²) in [5.74, 6) is -0.860. The van der Waals surface area contributed by atoms with Crippen LogP contribution in [0.2, 0.25) is 0 Å². The van der Waals surface area contributed by atoms with Crippen LogP contribution in [-0.4, -0.2) is 37.2 Å². The third kappa shape index (κ3) is 49.0. The van der Waals surface area contributed by atoms with Gasteiger partial charge in [0.2, 0.25) is 0 Å². The number of unbranched alkanes of at least 4 members (excludes halogenated alkanes) is 37. The molecular weight excluding hydrogens is 757 g/mol. The second-order valence-electron chi connectivity index (χ2n) is 18.5. The summed E-state index contributed by atoms with van der Waals surface area (Å²) in [5.41, 5.74) is 0. The fourth-order valence-corrected chi connectivity index (χ4v) is 8.14. The van der Waals surface area contributed by atoms with E-state index in [0.717, 1.165) is 57.8 Å². The Labute approximate surface area is 380 Å². The molecule has 0 heterocycles. The van der Waals surface area contributed by atoms with Gasteiger partial charge in [0.25, 0.3) is 0 Å². The van der Waals surface area contributed by atoms with E-state index in [1.54, 1.807) is 0 Å². The van der Waals surface area contributed by atoms with Crippen molar-refractivity contribution in [1.82, 2.24) is 0 Å². The van der Waals surface area contributed by atoms with Crippen molar-refractivity contribution in [3.05, 3.63) is 12.2 Å². The van der Waals surface area contributed by atoms with Gasteiger partial charge in [0.15, 0.2) is 6.10 Å². The molecule has 0 radical (unpaired) electrons. The molecule has 0 aliphatic heterocycles. The molecule has 6 nitrogen and oxygen atoms in total. The second kappa shape index (κ2) is 50.8. The lowest BCUT2D eigenvalue weighted by molar-refractivity contribution is -0.167. The van der Waals surface area contributed by atoms with Gasteiger partial charge in [0.05, 0.1) is 0 Å². The Bertz CT molecular complexity index is 947. The van der Waals surface area contributed by atoms with E-state index in [1.807, 2.05) is 0 Å². The highest BCUT2D eigenvalue weighted by Gasteiger charge is 2.19. The molecule has 0 aliphatic carbocycles. The van der Waals surface area contributed by atoms with Crippen LogP contribution in [0.3, 0.4) is 0 Å². The SMILES string of the molecule is CCCCCCCCCC/C=C\CCCCCCCCCCCCCCCCCC(=O)OCC(COC(=O)CCCCCCCCC)OC(=O)CCCCCCCCCCC. The van der Waals surface area contributed by atoms with Gasteiger partial charge >= 0.3 is 17.9 Å². The van der Waals surface area contributed by atoms with E-state index in [2.05, 4.69) is 32.9 Å². The van der Waals surface area contributed by atoms with Crippen molar-refractivity contribution in [2.45, 2.75) is 309 Å². The molecule has 0 bridgehead atoms. The van der Waals surface area contributed by atoms with Crippen molar-refractivity contribution in [1.29, 1.82) is 0 Å². The summed E-state index contributed by atoms with van der Waals surface area (Å²) >= 11 is 0. The first-order valence-electron chi connectivity index (χ1n) is 27.2. The Morgan fingerprint density at radius 2 is 0.541 bits per heavy atom. The predicted molar refractivity (Wildman–Crippen MR) is 261 cm³/mol. The van der Waals surface area contributed by atoms with E-state index < -0.39 is 6.10 Å². The van der Waals surface area contributed by atoms with E-state index >= 15 is 0 Å². The smallest absolute Gasteiger partial charge is 0.306 e. The van der Waals surface area contributed by atoms with Crippen molar-refractivity contribution in [2.24, 2.45) is 0 Å². The minimum Gasteiger partial charge on any atom is -0.462 e. The predicted octanol–water partition coefficient (Wildman–Crippen LogP) is 17.8. The van der Waals surface area contributed by atoms with Gasteiger partial charge in [-0.2, -0.15) is 0 Å². The van der Waals surface area contributed by atoms with E-state index in [9.17, 15) is 14.4 Å². The molecule has 360 valence electrons. The van der Waals surface area contributed by atoms with Gasteiger partial charge < -0.3 is 14.2 Å². The third-order valence-electron chi connectivity index (χ3n) is 12.3. The monoisotopic (exact) mass is 861 g/mol. The van der Waals surface area contributed by atoms with Crippen LogP contribution in [0.15, 0.2) is 12.2 Å². The molecule has 0 aromatic rings. The van der Waals surface area contributed by atoms with E-state index in [-0.39, 0.29) is 31.1 Å². The highest BCUT2D eigenvalue weighted by Crippen LogP contribution is 2.16. The largest absolute Gasteiger partial charge is 0.462 e. The van der Waals surface area contributed by atoms with Gasteiger partial charge in [-0.05, 0) is 44.9 Å². The maximum absolute atomic E-state index is 12.7. The minimum absolute atomic E-state index is 0.0651. The number of rotatable bonds is 50. The third-order valence-corrected chi connectivity index (χ3v) is 12.3. The average Bonchev–Trinajstić information content (AvgIpc) is 3.26. The Balaban J connectivity index is 3.96. The summed E-state index contributed by atoms with van der Waals surface area (Å²) in [4.78, 5) is 37.7. The summed E-state index contributed by atoms with van der Waals surface area (Å²) in [6, 6.07) is 0. The van der Waals surface area contributed by atoms with Gasteiger partial charge in [0.1, 0.15) is 13.2 Å². The number of esters is 3. The number of allylic oxidation sites excluding steroid dienone is 2. The second-order valence-corrected chi connectivity index (χ2v) is 18.5. The molecule has 61 heavy (non-hydrogen) atoms. The Kier molecular flexibility index (Phi) is 49.3. The molecule has 0 saturated carbocycles. The van der Waals surface area contributed by atoms with Crippen LogP contribution >= 0.6 is 0 Å². The zero-order chi connectivity index (χ0) is 44.4. The molecule has 0 N–H and O–H groups in total. The number of carbonyl (C=O) groups excluding carboxylic acids is 3. The standard InChI is InChI=1S/C55H104O6/c1-4-7-10-13-16-18-19-20-21-22-23-24-25-26-27-28-29-30-31-32-33-34-35-37-39-42-45-48-54(57)60-51-52(50-59-53(56)47-44-41-38-15-12-9-6-3)61-55(58)49-46-43-40-36-17-14-11-8-5-2/h22-23,52H,4-21,24-51H2,1-3H3/b23-22-. The molecule has 0 aromatic heterocycles. The molecule has 0 rings (SSSR count). The number of ether oxygens (including phenoxy) is 3. The van der Waals surface area contributed by atoms with Crippen molar-refractivity contribution in [3.8, 4) is 0 Å². The van der Waals surface area contributed by atoms with Crippen LogP contribution in [0.25, 0.3) is 0 Å². The van der Waals surface area contributed by atoms with Crippen molar-refractivity contribution in [3.63, 3.8) is 0 Å². The zero-order valence-electron chi connectivity index (χ0n) is 41.2. The summed E-state index contributed by atoms with van der Waals surface area (Å²) in [7, 11) is 0. The summed E-state index contributed by atoms with van der Waals surface area (Å²) < 4.78 is 16.7. The van der Waals surface area contributed by atoms with Crippen LogP contribution in [0.1, 0.15) is 303 Å². The van der Waals surface area contributed by atoms with Crippen molar-refractivity contribution >= 4 is 17.9 Å². The quantitative estimate of drug-likeness (QED) is 0.0262. The molecule has 0 fully saturated rings. The number of hydrogen-bond acceptors (Lipinski definition) is 6. The van der Waals surface area contributed by atoms with Gasteiger partial charge in [-0.1, -0.05) is 251 Å². The molecule has 0 spiro atoms. The molecule has 1 unspecified atom stereocenters. The molecular formula is C55H104O6. The fourth-order valence-electron chi connectivity index (χ4n) is 8.14. The van der Waals surface area contributed by atoms with E-state index in [4.69, 9.17) is 14.2 Å². The van der Waals surface area contributed by atoms with E-state index in [0.29, 0.717) is 19.3 Å².